The van der Waals surface area contributed by atoms with Gasteiger partial charge >= 0.3 is 0 Å². The van der Waals surface area contributed by atoms with Gasteiger partial charge in [-0.2, -0.15) is 0 Å². The summed E-state index contributed by atoms with van der Waals surface area (Å²) in [7, 11) is 0. The van der Waals surface area contributed by atoms with Crippen LogP contribution in [-0.2, 0) is 16.1 Å². The molecule has 0 fully saturated rings. The fourth-order valence-electron chi connectivity index (χ4n) is 3.77. The molecule has 2 aromatic rings. The average molecular weight is 409 g/mol. The highest BCUT2D eigenvalue weighted by Gasteiger charge is 2.28. The average Bonchev–Trinajstić information content (AvgIpc) is 2.84. The first-order valence-electron chi connectivity index (χ1n) is 10.8. The molecule has 160 valence electrons. The molecule has 0 saturated heterocycles. The van der Waals surface area contributed by atoms with Crippen LogP contribution in [0.5, 0.6) is 5.75 Å². The Morgan fingerprint density at radius 3 is 2.60 bits per heavy atom. The summed E-state index contributed by atoms with van der Waals surface area (Å²) < 4.78 is 5.90. The summed E-state index contributed by atoms with van der Waals surface area (Å²) >= 11 is 0. The molecule has 30 heavy (non-hydrogen) atoms. The summed E-state index contributed by atoms with van der Waals surface area (Å²) in [6.45, 7) is 9.31. The maximum Gasteiger partial charge on any atom is 0.263 e. The Labute approximate surface area is 179 Å². The number of fused-ring (bicyclic) bond motifs is 1. The zero-order valence-electron chi connectivity index (χ0n) is 18.4. The van der Waals surface area contributed by atoms with Crippen molar-refractivity contribution in [3.63, 3.8) is 0 Å². The second kappa shape index (κ2) is 9.79. The lowest BCUT2D eigenvalue weighted by atomic mass is 9.95. The first-order valence-corrected chi connectivity index (χ1v) is 10.8. The fraction of sp³-hybridized carbons (Fsp3) is 0.440. The largest absolute Gasteiger partial charge is 0.481 e. The van der Waals surface area contributed by atoms with Gasteiger partial charge in [-0.1, -0.05) is 51.1 Å². The quantitative estimate of drug-likeness (QED) is 0.703. The van der Waals surface area contributed by atoms with Crippen molar-refractivity contribution in [3.05, 3.63) is 59.7 Å². The number of carbonyl (C=O) groups excluding carboxylic acids is 2. The highest BCUT2D eigenvalue weighted by Crippen LogP contribution is 2.30. The van der Waals surface area contributed by atoms with Crippen molar-refractivity contribution in [2.75, 3.05) is 11.9 Å². The van der Waals surface area contributed by atoms with Crippen LogP contribution in [0.2, 0.25) is 0 Å². The Morgan fingerprint density at radius 1 is 1.20 bits per heavy atom. The van der Waals surface area contributed by atoms with Crippen LogP contribution >= 0.6 is 0 Å². The summed E-state index contributed by atoms with van der Waals surface area (Å²) in [5.41, 5.74) is 2.65. The Balaban J connectivity index is 1.78. The monoisotopic (exact) mass is 408 g/mol. The molecule has 3 rings (SSSR count). The molecule has 2 unspecified atom stereocenters. The zero-order valence-corrected chi connectivity index (χ0v) is 18.4. The van der Waals surface area contributed by atoms with E-state index in [4.69, 9.17) is 4.74 Å². The van der Waals surface area contributed by atoms with E-state index in [0.29, 0.717) is 24.8 Å². The van der Waals surface area contributed by atoms with E-state index in [1.165, 1.54) is 0 Å². The second-order valence-electron chi connectivity index (χ2n) is 8.39. The predicted octanol–water partition coefficient (Wildman–Crippen LogP) is 4.97. The summed E-state index contributed by atoms with van der Waals surface area (Å²) in [4.78, 5) is 27.5. The van der Waals surface area contributed by atoms with Crippen LogP contribution in [0.25, 0.3) is 0 Å². The fourth-order valence-corrected chi connectivity index (χ4v) is 3.77. The molecule has 1 N–H and O–H groups in total. The molecule has 0 spiro atoms. The van der Waals surface area contributed by atoms with Crippen molar-refractivity contribution in [2.45, 2.75) is 59.1 Å². The van der Waals surface area contributed by atoms with Crippen molar-refractivity contribution in [2.24, 2.45) is 5.92 Å². The van der Waals surface area contributed by atoms with Gasteiger partial charge in [-0.05, 0) is 49.4 Å². The maximum absolute atomic E-state index is 12.9. The number of benzene rings is 2. The minimum Gasteiger partial charge on any atom is -0.481 e. The van der Waals surface area contributed by atoms with E-state index in [1.807, 2.05) is 60.4 Å². The Hall–Kier alpha value is -2.82. The lowest BCUT2D eigenvalue weighted by Crippen LogP contribution is -2.38. The van der Waals surface area contributed by atoms with Gasteiger partial charge in [-0.15, -0.1) is 0 Å². The van der Waals surface area contributed by atoms with Gasteiger partial charge in [0, 0.05) is 24.3 Å². The van der Waals surface area contributed by atoms with Gasteiger partial charge in [0.05, 0.1) is 5.92 Å². The van der Waals surface area contributed by atoms with Crippen LogP contribution in [0, 0.1) is 5.92 Å². The third-order valence-electron chi connectivity index (χ3n) is 5.56. The van der Waals surface area contributed by atoms with E-state index in [-0.39, 0.29) is 17.7 Å². The molecule has 0 aliphatic carbocycles. The van der Waals surface area contributed by atoms with Gasteiger partial charge < -0.3 is 15.0 Å². The number of carbonyl (C=O) groups is 2. The minimum absolute atomic E-state index is 0.00700. The van der Waals surface area contributed by atoms with Crippen LogP contribution in [0.3, 0.4) is 0 Å². The first-order chi connectivity index (χ1) is 14.4. The van der Waals surface area contributed by atoms with E-state index in [2.05, 4.69) is 19.2 Å². The molecule has 0 radical (unpaired) electrons. The predicted molar refractivity (Wildman–Crippen MR) is 120 cm³/mol. The standard InChI is InChI=1S/C25H32N2O3/c1-5-22(19-9-7-6-8-10-19)24(28)26-21-11-12-23-20(15-21)16-27(14-13-17(2)3)25(29)18(4)30-23/h6-12,15,17-18,22H,5,13-14,16H2,1-4H3,(H,26,28). The Bertz CT molecular complexity index is 879. The van der Waals surface area contributed by atoms with Gasteiger partial charge in [0.1, 0.15) is 5.75 Å². The van der Waals surface area contributed by atoms with Crippen molar-refractivity contribution in [1.82, 2.24) is 4.90 Å². The zero-order chi connectivity index (χ0) is 21.7. The van der Waals surface area contributed by atoms with E-state index in [9.17, 15) is 9.59 Å². The lowest BCUT2D eigenvalue weighted by molar-refractivity contribution is -0.137. The SMILES string of the molecule is CCC(C(=O)Nc1ccc2c(c1)CN(CCC(C)C)C(=O)C(C)O2)c1ccccc1. The van der Waals surface area contributed by atoms with Crippen LogP contribution in [0.1, 0.15) is 57.6 Å². The molecule has 2 atom stereocenters. The first kappa shape index (κ1) is 21.9. The summed E-state index contributed by atoms with van der Waals surface area (Å²) in [5.74, 6) is 1.000. The molecule has 5 heteroatoms. The second-order valence-corrected chi connectivity index (χ2v) is 8.39. The Morgan fingerprint density at radius 2 is 1.93 bits per heavy atom. The molecule has 0 aromatic heterocycles. The molecule has 2 aromatic carbocycles. The normalized spacial score (nSPS) is 17.2. The van der Waals surface area contributed by atoms with Gasteiger partial charge in [0.2, 0.25) is 5.91 Å². The topological polar surface area (TPSA) is 58.6 Å². The highest BCUT2D eigenvalue weighted by molar-refractivity contribution is 5.96. The van der Waals surface area contributed by atoms with Crippen molar-refractivity contribution in [3.8, 4) is 5.75 Å². The number of nitrogens with one attached hydrogen (secondary N) is 1. The molecule has 0 bridgehead atoms. The van der Waals surface area contributed by atoms with E-state index < -0.39 is 6.10 Å². The van der Waals surface area contributed by atoms with Crippen molar-refractivity contribution in [1.29, 1.82) is 0 Å². The maximum atomic E-state index is 12.9. The third-order valence-corrected chi connectivity index (χ3v) is 5.56. The van der Waals surface area contributed by atoms with Crippen LogP contribution in [-0.4, -0.2) is 29.4 Å². The molecule has 2 amide bonds. The minimum atomic E-state index is -0.513. The summed E-state index contributed by atoms with van der Waals surface area (Å²) in [6, 6.07) is 15.5. The highest BCUT2D eigenvalue weighted by atomic mass is 16.5. The number of hydrogen-bond acceptors (Lipinski definition) is 3. The lowest BCUT2D eigenvalue weighted by Gasteiger charge is -2.23. The van der Waals surface area contributed by atoms with Gasteiger partial charge in [0.15, 0.2) is 6.10 Å². The molecular weight excluding hydrogens is 376 g/mol. The molecule has 1 aliphatic heterocycles. The number of anilines is 1. The van der Waals surface area contributed by atoms with Gasteiger partial charge in [-0.25, -0.2) is 0 Å². The summed E-state index contributed by atoms with van der Waals surface area (Å²) in [5, 5.41) is 3.05. The molecule has 1 aliphatic rings. The van der Waals surface area contributed by atoms with E-state index >= 15 is 0 Å². The molecule has 1 heterocycles. The number of rotatable bonds is 7. The Kier molecular flexibility index (Phi) is 7.14. The number of nitrogens with zero attached hydrogens (tertiary/aromatic N) is 1. The van der Waals surface area contributed by atoms with Gasteiger partial charge in [0.25, 0.3) is 5.91 Å². The number of hydrogen-bond donors (Lipinski definition) is 1. The van der Waals surface area contributed by atoms with Gasteiger partial charge in [-0.3, -0.25) is 9.59 Å². The van der Waals surface area contributed by atoms with E-state index in [1.54, 1.807) is 6.92 Å². The number of amides is 2. The third kappa shape index (κ3) is 5.21. The molecule has 0 saturated carbocycles. The van der Waals surface area contributed by atoms with Crippen LogP contribution < -0.4 is 10.1 Å². The van der Waals surface area contributed by atoms with Crippen LogP contribution in [0.15, 0.2) is 48.5 Å². The molecular formula is C25H32N2O3. The van der Waals surface area contributed by atoms with Crippen molar-refractivity contribution < 1.29 is 14.3 Å². The summed E-state index contributed by atoms with van der Waals surface area (Å²) in [6.07, 6.45) is 1.15. The number of ether oxygens (including phenoxy) is 1. The molecule has 5 nitrogen and oxygen atoms in total. The smallest absolute Gasteiger partial charge is 0.263 e. The van der Waals surface area contributed by atoms with Crippen LogP contribution in [0.4, 0.5) is 5.69 Å². The van der Waals surface area contributed by atoms with Crippen molar-refractivity contribution >= 4 is 17.5 Å². The van der Waals surface area contributed by atoms with E-state index in [0.717, 1.165) is 29.7 Å².